The normalized spacial score (nSPS) is 10.6. The predicted octanol–water partition coefficient (Wildman–Crippen LogP) is 2.16. The molecule has 0 saturated carbocycles. The van der Waals surface area contributed by atoms with E-state index in [9.17, 15) is 13.6 Å². The van der Waals surface area contributed by atoms with Crippen LogP contribution in [0.15, 0.2) is 18.2 Å². The fraction of sp³-hybridized carbons (Fsp3) is 0.286. The molecule has 20 heavy (non-hydrogen) atoms. The van der Waals surface area contributed by atoms with Gasteiger partial charge in [-0.15, -0.1) is 0 Å². The molecule has 1 aromatic heterocycles. The Hall–Kier alpha value is -2.24. The molecule has 0 saturated heterocycles. The average Bonchev–Trinajstić information content (AvgIpc) is 2.70. The number of benzene rings is 1. The smallest absolute Gasteiger partial charge is 0.224 e. The lowest BCUT2D eigenvalue weighted by Gasteiger charge is -2.06. The Morgan fingerprint density at radius 1 is 1.35 bits per heavy atom. The standard InChI is InChI=1S/C14H15F2N3O/c1-8-12(9(2)19-18-8)7-17-14(20)5-10-3-4-11(15)6-13(10)16/h3-4,6H,5,7H2,1-2H3,(H,17,20)(H,18,19). The number of nitrogens with zero attached hydrogens (tertiary/aromatic N) is 1. The Kier molecular flexibility index (Phi) is 4.12. The maximum Gasteiger partial charge on any atom is 0.224 e. The van der Waals surface area contributed by atoms with Crippen LogP contribution in [0.2, 0.25) is 0 Å². The maximum atomic E-state index is 13.4. The number of aryl methyl sites for hydroxylation is 2. The van der Waals surface area contributed by atoms with Crippen molar-refractivity contribution in [3.63, 3.8) is 0 Å². The van der Waals surface area contributed by atoms with Crippen molar-refractivity contribution >= 4 is 5.91 Å². The molecule has 0 fully saturated rings. The topological polar surface area (TPSA) is 57.8 Å². The van der Waals surface area contributed by atoms with Crippen LogP contribution < -0.4 is 5.32 Å². The highest BCUT2D eigenvalue weighted by atomic mass is 19.1. The van der Waals surface area contributed by atoms with Gasteiger partial charge in [0.05, 0.1) is 12.1 Å². The first-order valence-corrected chi connectivity index (χ1v) is 6.18. The summed E-state index contributed by atoms with van der Waals surface area (Å²) in [6.07, 6.45) is -0.123. The number of aromatic nitrogens is 2. The van der Waals surface area contributed by atoms with Gasteiger partial charge in [-0.1, -0.05) is 6.07 Å². The number of amides is 1. The number of aromatic amines is 1. The molecule has 0 radical (unpaired) electrons. The van der Waals surface area contributed by atoms with Crippen LogP contribution in [0.5, 0.6) is 0 Å². The van der Waals surface area contributed by atoms with E-state index in [1.165, 1.54) is 6.07 Å². The largest absolute Gasteiger partial charge is 0.352 e. The van der Waals surface area contributed by atoms with Crippen LogP contribution in [0.1, 0.15) is 22.5 Å². The van der Waals surface area contributed by atoms with E-state index in [0.29, 0.717) is 6.54 Å². The highest BCUT2D eigenvalue weighted by molar-refractivity contribution is 5.78. The number of carbonyl (C=O) groups is 1. The summed E-state index contributed by atoms with van der Waals surface area (Å²) < 4.78 is 26.2. The van der Waals surface area contributed by atoms with Gasteiger partial charge in [-0.2, -0.15) is 5.10 Å². The summed E-state index contributed by atoms with van der Waals surface area (Å²) >= 11 is 0. The molecule has 0 atom stereocenters. The van der Waals surface area contributed by atoms with Gasteiger partial charge < -0.3 is 5.32 Å². The highest BCUT2D eigenvalue weighted by Crippen LogP contribution is 2.11. The molecule has 0 aliphatic carbocycles. The second kappa shape index (κ2) is 5.81. The van der Waals surface area contributed by atoms with Crippen molar-refractivity contribution in [2.24, 2.45) is 0 Å². The second-order valence-corrected chi connectivity index (χ2v) is 4.60. The molecule has 0 bridgehead atoms. The van der Waals surface area contributed by atoms with Crippen molar-refractivity contribution in [2.75, 3.05) is 0 Å². The Morgan fingerprint density at radius 2 is 2.10 bits per heavy atom. The highest BCUT2D eigenvalue weighted by Gasteiger charge is 2.11. The molecule has 2 N–H and O–H groups in total. The Morgan fingerprint density at radius 3 is 2.70 bits per heavy atom. The van der Waals surface area contributed by atoms with Crippen LogP contribution in [0, 0.1) is 25.5 Å². The van der Waals surface area contributed by atoms with Crippen molar-refractivity contribution in [1.82, 2.24) is 15.5 Å². The Labute approximate surface area is 115 Å². The first-order valence-electron chi connectivity index (χ1n) is 6.18. The van der Waals surface area contributed by atoms with Gasteiger partial charge in [0.2, 0.25) is 5.91 Å². The van der Waals surface area contributed by atoms with Gasteiger partial charge in [-0.05, 0) is 25.5 Å². The lowest BCUT2D eigenvalue weighted by molar-refractivity contribution is -0.120. The van der Waals surface area contributed by atoms with Gasteiger partial charge >= 0.3 is 0 Å². The van der Waals surface area contributed by atoms with E-state index in [4.69, 9.17) is 0 Å². The predicted molar refractivity (Wildman–Crippen MR) is 70.0 cm³/mol. The molecule has 0 unspecified atom stereocenters. The van der Waals surface area contributed by atoms with E-state index >= 15 is 0 Å². The summed E-state index contributed by atoms with van der Waals surface area (Å²) in [4.78, 5) is 11.8. The SMILES string of the molecule is Cc1n[nH]c(C)c1CNC(=O)Cc1ccc(F)cc1F. The van der Waals surface area contributed by atoms with E-state index in [2.05, 4.69) is 15.5 Å². The van der Waals surface area contributed by atoms with Gasteiger partial charge in [0.25, 0.3) is 0 Å². The molecule has 4 nitrogen and oxygen atoms in total. The third kappa shape index (κ3) is 3.20. The van der Waals surface area contributed by atoms with Gasteiger partial charge in [0.15, 0.2) is 0 Å². The fourth-order valence-corrected chi connectivity index (χ4v) is 1.92. The van der Waals surface area contributed by atoms with E-state index in [0.717, 1.165) is 29.1 Å². The van der Waals surface area contributed by atoms with Crippen LogP contribution >= 0.6 is 0 Å². The molecule has 0 aliphatic rings. The summed E-state index contributed by atoms with van der Waals surface area (Å²) in [7, 11) is 0. The van der Waals surface area contributed by atoms with Gasteiger partial charge in [0.1, 0.15) is 11.6 Å². The summed E-state index contributed by atoms with van der Waals surface area (Å²) in [6, 6.07) is 3.18. The Bertz CT molecular complexity index is 618. The van der Waals surface area contributed by atoms with Crippen LogP contribution in [-0.2, 0) is 17.8 Å². The molecule has 2 rings (SSSR count). The summed E-state index contributed by atoms with van der Waals surface area (Å²) in [5, 5.41) is 9.54. The number of carbonyl (C=O) groups excluding carboxylic acids is 1. The zero-order valence-electron chi connectivity index (χ0n) is 11.3. The minimum atomic E-state index is -0.712. The maximum absolute atomic E-state index is 13.4. The second-order valence-electron chi connectivity index (χ2n) is 4.60. The van der Waals surface area contributed by atoms with E-state index in [1.54, 1.807) is 0 Å². The molecule has 0 aliphatic heterocycles. The molecule has 106 valence electrons. The number of hydrogen-bond donors (Lipinski definition) is 2. The van der Waals surface area contributed by atoms with E-state index in [-0.39, 0.29) is 17.9 Å². The van der Waals surface area contributed by atoms with E-state index < -0.39 is 11.6 Å². The van der Waals surface area contributed by atoms with Crippen molar-refractivity contribution in [2.45, 2.75) is 26.8 Å². The van der Waals surface area contributed by atoms with Crippen molar-refractivity contribution in [3.8, 4) is 0 Å². The zero-order valence-corrected chi connectivity index (χ0v) is 11.3. The number of nitrogens with one attached hydrogen (secondary N) is 2. The summed E-state index contributed by atoms with van der Waals surface area (Å²) in [5.41, 5.74) is 2.79. The molecular weight excluding hydrogens is 264 g/mol. The van der Waals surface area contributed by atoms with Crippen molar-refractivity contribution in [1.29, 1.82) is 0 Å². The first kappa shape index (κ1) is 14.2. The molecule has 1 amide bonds. The Balaban J connectivity index is 1.96. The van der Waals surface area contributed by atoms with Crippen LogP contribution in [-0.4, -0.2) is 16.1 Å². The molecule has 0 spiro atoms. The third-order valence-corrected chi connectivity index (χ3v) is 3.11. The van der Waals surface area contributed by atoms with Gasteiger partial charge in [-0.25, -0.2) is 8.78 Å². The average molecular weight is 279 g/mol. The number of rotatable bonds is 4. The summed E-state index contributed by atoms with van der Waals surface area (Å²) in [5.74, 6) is -1.69. The number of H-pyrrole nitrogens is 1. The molecular formula is C14H15F2N3O. The lowest BCUT2D eigenvalue weighted by atomic mass is 10.1. The van der Waals surface area contributed by atoms with Gasteiger partial charge in [0, 0.05) is 23.9 Å². The molecule has 2 aromatic rings. The fourth-order valence-electron chi connectivity index (χ4n) is 1.92. The zero-order chi connectivity index (χ0) is 14.7. The number of halogens is 2. The first-order chi connectivity index (χ1) is 9.47. The summed E-state index contributed by atoms with van der Waals surface area (Å²) in [6.45, 7) is 4.03. The quantitative estimate of drug-likeness (QED) is 0.901. The van der Waals surface area contributed by atoms with Crippen LogP contribution in [0.25, 0.3) is 0 Å². The minimum Gasteiger partial charge on any atom is -0.352 e. The van der Waals surface area contributed by atoms with Gasteiger partial charge in [-0.3, -0.25) is 9.89 Å². The minimum absolute atomic E-state index is 0.123. The van der Waals surface area contributed by atoms with Crippen LogP contribution in [0.4, 0.5) is 8.78 Å². The molecule has 1 heterocycles. The molecule has 1 aromatic carbocycles. The number of hydrogen-bond acceptors (Lipinski definition) is 2. The van der Waals surface area contributed by atoms with E-state index in [1.807, 2.05) is 13.8 Å². The molecule has 6 heteroatoms. The van der Waals surface area contributed by atoms with Crippen LogP contribution in [0.3, 0.4) is 0 Å². The third-order valence-electron chi connectivity index (χ3n) is 3.11. The van der Waals surface area contributed by atoms with Crippen molar-refractivity contribution < 1.29 is 13.6 Å². The lowest BCUT2D eigenvalue weighted by Crippen LogP contribution is -2.25. The van der Waals surface area contributed by atoms with Crippen molar-refractivity contribution in [3.05, 3.63) is 52.3 Å². The monoisotopic (exact) mass is 279 g/mol.